The van der Waals surface area contributed by atoms with Crippen molar-refractivity contribution in [1.82, 2.24) is 10.2 Å². The quantitative estimate of drug-likeness (QED) is 0.729. The lowest BCUT2D eigenvalue weighted by Gasteiger charge is -2.43. The molecular formula is C14H24N2O3. The molecule has 2 fully saturated rings. The molecule has 19 heavy (non-hydrogen) atoms. The molecular weight excluding hydrogens is 244 g/mol. The van der Waals surface area contributed by atoms with Crippen molar-refractivity contribution in [3.8, 4) is 0 Å². The molecule has 1 aliphatic carbocycles. The monoisotopic (exact) mass is 268 g/mol. The summed E-state index contributed by atoms with van der Waals surface area (Å²) in [5, 5.41) is 2.91. The molecule has 0 aromatic carbocycles. The van der Waals surface area contributed by atoms with Gasteiger partial charge in [0, 0.05) is 13.2 Å². The smallest absolute Gasteiger partial charge is 0.249 e. The van der Waals surface area contributed by atoms with Crippen molar-refractivity contribution in [3.05, 3.63) is 0 Å². The first-order chi connectivity index (χ1) is 9.00. The third-order valence-corrected chi connectivity index (χ3v) is 4.15. The third-order valence-electron chi connectivity index (χ3n) is 4.15. The number of ether oxygens (including phenoxy) is 1. The Morgan fingerprint density at radius 2 is 2.05 bits per heavy atom. The fourth-order valence-corrected chi connectivity index (χ4v) is 2.67. The van der Waals surface area contributed by atoms with Crippen molar-refractivity contribution in [2.24, 2.45) is 5.92 Å². The Hall–Kier alpha value is -1.10. The summed E-state index contributed by atoms with van der Waals surface area (Å²) in [6, 6.07) is -0.399. The van der Waals surface area contributed by atoms with Gasteiger partial charge in [-0.2, -0.15) is 0 Å². The van der Waals surface area contributed by atoms with Gasteiger partial charge in [0.05, 0.1) is 6.61 Å². The maximum Gasteiger partial charge on any atom is 0.249 e. The predicted molar refractivity (Wildman–Crippen MR) is 71.6 cm³/mol. The molecule has 1 aliphatic heterocycles. The molecule has 0 aromatic rings. The van der Waals surface area contributed by atoms with Crippen molar-refractivity contribution < 1.29 is 14.3 Å². The minimum absolute atomic E-state index is 0.0437. The van der Waals surface area contributed by atoms with Gasteiger partial charge in [-0.05, 0) is 39.0 Å². The minimum Gasteiger partial charge on any atom is -0.380 e. The number of nitrogens with zero attached hydrogens (tertiary/aromatic N) is 1. The second-order valence-corrected chi connectivity index (χ2v) is 5.75. The van der Waals surface area contributed by atoms with Crippen LogP contribution in [0.1, 0.15) is 40.0 Å². The number of piperazine rings is 1. The molecule has 2 unspecified atom stereocenters. The van der Waals surface area contributed by atoms with Crippen LogP contribution in [0.5, 0.6) is 0 Å². The summed E-state index contributed by atoms with van der Waals surface area (Å²) in [7, 11) is 0. The average molecular weight is 268 g/mol. The van der Waals surface area contributed by atoms with Gasteiger partial charge in [-0.3, -0.25) is 9.59 Å². The topological polar surface area (TPSA) is 58.6 Å². The molecule has 1 saturated carbocycles. The van der Waals surface area contributed by atoms with Gasteiger partial charge in [0.25, 0.3) is 0 Å². The highest BCUT2D eigenvalue weighted by molar-refractivity contribution is 5.99. The van der Waals surface area contributed by atoms with E-state index >= 15 is 0 Å². The highest BCUT2D eigenvalue weighted by Crippen LogP contribution is 2.42. The van der Waals surface area contributed by atoms with E-state index in [9.17, 15) is 9.59 Å². The zero-order chi connectivity index (χ0) is 14.0. The summed E-state index contributed by atoms with van der Waals surface area (Å²) in [5.74, 6) is 0.294. The molecule has 5 heteroatoms. The zero-order valence-corrected chi connectivity index (χ0v) is 12.1. The van der Waals surface area contributed by atoms with E-state index in [4.69, 9.17) is 4.74 Å². The predicted octanol–water partition coefficient (Wildman–Crippen LogP) is 0.929. The van der Waals surface area contributed by atoms with Gasteiger partial charge in [0.15, 0.2) is 0 Å². The summed E-state index contributed by atoms with van der Waals surface area (Å²) in [4.78, 5) is 26.3. The van der Waals surface area contributed by atoms with Crippen LogP contribution < -0.4 is 5.32 Å². The summed E-state index contributed by atoms with van der Waals surface area (Å²) in [5.41, 5.74) is -0.700. The Balaban J connectivity index is 2.02. The molecule has 2 aliphatic rings. The van der Waals surface area contributed by atoms with Crippen LogP contribution in [-0.4, -0.2) is 48.1 Å². The zero-order valence-electron chi connectivity index (χ0n) is 12.1. The molecule has 1 heterocycles. The van der Waals surface area contributed by atoms with Gasteiger partial charge >= 0.3 is 0 Å². The van der Waals surface area contributed by atoms with Crippen LogP contribution in [0.15, 0.2) is 0 Å². The molecule has 2 amide bonds. The van der Waals surface area contributed by atoms with Gasteiger partial charge in [-0.15, -0.1) is 0 Å². The Bertz CT molecular complexity index is 368. The number of carbonyl (C=O) groups is 2. The summed E-state index contributed by atoms with van der Waals surface area (Å²) in [6.07, 6.45) is 3.01. The maximum atomic E-state index is 12.6. The maximum absolute atomic E-state index is 12.6. The largest absolute Gasteiger partial charge is 0.380 e. The molecule has 5 nitrogen and oxygen atoms in total. The van der Waals surface area contributed by atoms with E-state index in [1.165, 1.54) is 0 Å². The van der Waals surface area contributed by atoms with Gasteiger partial charge in [-0.1, -0.05) is 6.92 Å². The van der Waals surface area contributed by atoms with E-state index in [0.29, 0.717) is 25.7 Å². The number of carbonyl (C=O) groups excluding carboxylic acids is 2. The highest BCUT2D eigenvalue weighted by atomic mass is 16.5. The lowest BCUT2D eigenvalue weighted by molar-refractivity contribution is -0.155. The van der Waals surface area contributed by atoms with Crippen molar-refractivity contribution in [3.63, 3.8) is 0 Å². The highest BCUT2D eigenvalue weighted by Gasteiger charge is 2.54. The first-order valence-corrected chi connectivity index (χ1v) is 7.21. The van der Waals surface area contributed by atoms with Crippen LogP contribution in [0.4, 0.5) is 0 Å². The first kappa shape index (κ1) is 14.3. The second-order valence-electron chi connectivity index (χ2n) is 5.75. The third kappa shape index (κ3) is 2.76. The number of amides is 2. The van der Waals surface area contributed by atoms with Crippen LogP contribution in [0.25, 0.3) is 0 Å². The molecule has 0 radical (unpaired) electrons. The standard InChI is InChI=1S/C14H24N2O3/c1-4-8-19-9-7-16-10(2)12(17)15-14(3,13(16)18)11-5-6-11/h10-11H,4-9H2,1-3H3,(H,15,17). The van der Waals surface area contributed by atoms with Crippen LogP contribution in [0.2, 0.25) is 0 Å². The number of nitrogens with one attached hydrogen (secondary N) is 1. The molecule has 2 atom stereocenters. The van der Waals surface area contributed by atoms with Gasteiger partial charge < -0.3 is 15.0 Å². The molecule has 2 rings (SSSR count). The lowest BCUT2D eigenvalue weighted by atomic mass is 9.90. The van der Waals surface area contributed by atoms with Crippen molar-refractivity contribution in [1.29, 1.82) is 0 Å². The van der Waals surface area contributed by atoms with Gasteiger partial charge in [-0.25, -0.2) is 0 Å². The fraction of sp³-hybridized carbons (Fsp3) is 0.857. The van der Waals surface area contributed by atoms with Crippen LogP contribution in [0, 0.1) is 5.92 Å². The van der Waals surface area contributed by atoms with Crippen LogP contribution >= 0.6 is 0 Å². The van der Waals surface area contributed by atoms with Crippen molar-refractivity contribution in [2.45, 2.75) is 51.6 Å². The fourth-order valence-electron chi connectivity index (χ4n) is 2.67. The second kappa shape index (κ2) is 5.49. The molecule has 108 valence electrons. The van der Waals surface area contributed by atoms with E-state index in [1.807, 2.05) is 13.8 Å². The first-order valence-electron chi connectivity index (χ1n) is 7.21. The van der Waals surface area contributed by atoms with Crippen molar-refractivity contribution >= 4 is 11.8 Å². The van der Waals surface area contributed by atoms with Gasteiger partial charge in [0.1, 0.15) is 11.6 Å². The Morgan fingerprint density at radius 1 is 1.37 bits per heavy atom. The molecule has 0 spiro atoms. The molecule has 0 bridgehead atoms. The van der Waals surface area contributed by atoms with Crippen LogP contribution in [0.3, 0.4) is 0 Å². The SMILES string of the molecule is CCCOCCN1C(=O)C(C)(C2CC2)NC(=O)C1C. The Labute approximate surface area is 114 Å². The van der Waals surface area contributed by atoms with Gasteiger partial charge in [0.2, 0.25) is 11.8 Å². The number of rotatable bonds is 6. The molecule has 1 N–H and O–H groups in total. The van der Waals surface area contributed by atoms with E-state index in [2.05, 4.69) is 5.32 Å². The van der Waals surface area contributed by atoms with Crippen LogP contribution in [-0.2, 0) is 14.3 Å². The normalized spacial score (nSPS) is 31.5. The minimum atomic E-state index is -0.700. The number of hydrogen-bond acceptors (Lipinski definition) is 3. The summed E-state index contributed by atoms with van der Waals surface area (Å²) in [6.45, 7) is 7.37. The number of hydrogen-bond donors (Lipinski definition) is 1. The summed E-state index contributed by atoms with van der Waals surface area (Å²) < 4.78 is 5.44. The van der Waals surface area contributed by atoms with Crippen molar-refractivity contribution in [2.75, 3.05) is 19.8 Å². The van der Waals surface area contributed by atoms with E-state index in [-0.39, 0.29) is 11.8 Å². The van der Waals surface area contributed by atoms with E-state index in [1.54, 1.807) is 11.8 Å². The lowest BCUT2D eigenvalue weighted by Crippen LogP contribution is -2.69. The summed E-state index contributed by atoms with van der Waals surface area (Å²) >= 11 is 0. The molecule has 1 saturated heterocycles. The Morgan fingerprint density at radius 3 is 2.63 bits per heavy atom. The molecule has 0 aromatic heterocycles. The Kier molecular flexibility index (Phi) is 4.13. The average Bonchev–Trinajstić information content (AvgIpc) is 3.20. The van der Waals surface area contributed by atoms with E-state index < -0.39 is 11.6 Å². The van der Waals surface area contributed by atoms with E-state index in [0.717, 1.165) is 19.3 Å².